The van der Waals surface area contributed by atoms with Gasteiger partial charge in [0.1, 0.15) is 0 Å². The molecule has 2 aromatic rings. The van der Waals surface area contributed by atoms with Crippen molar-refractivity contribution in [2.75, 3.05) is 0 Å². The Hall–Kier alpha value is -3.50. The van der Waals surface area contributed by atoms with E-state index in [-0.39, 0.29) is 0 Å². The monoisotopic (exact) mass is 414 g/mol. The van der Waals surface area contributed by atoms with Crippen molar-refractivity contribution in [1.82, 2.24) is 10.5 Å². The number of pyridine rings is 1. The molecule has 0 radical (unpaired) electrons. The minimum absolute atomic E-state index is 0.386. The van der Waals surface area contributed by atoms with Crippen LogP contribution < -0.4 is 5.48 Å². The summed E-state index contributed by atoms with van der Waals surface area (Å²) in [4.78, 5) is 17.4. The lowest BCUT2D eigenvalue weighted by Gasteiger charge is -2.17. The minimum atomic E-state index is -0.573. The van der Waals surface area contributed by atoms with E-state index in [2.05, 4.69) is 19.2 Å². The third-order valence-corrected chi connectivity index (χ3v) is 4.88. The van der Waals surface area contributed by atoms with Gasteiger partial charge in [0.05, 0.1) is 17.0 Å². The average molecular weight is 415 g/mol. The Morgan fingerprint density at radius 1 is 1.16 bits per heavy atom. The van der Waals surface area contributed by atoms with Crippen LogP contribution in [0.25, 0.3) is 29.0 Å². The molecule has 0 saturated carbocycles. The summed E-state index contributed by atoms with van der Waals surface area (Å²) >= 11 is 0. The molecule has 0 saturated heterocycles. The van der Waals surface area contributed by atoms with Crippen LogP contribution in [0, 0.1) is 0 Å². The maximum Gasteiger partial charge on any atom is 0.275 e. The van der Waals surface area contributed by atoms with Crippen molar-refractivity contribution < 1.29 is 10.0 Å². The van der Waals surface area contributed by atoms with Crippen LogP contribution in [0.5, 0.6) is 0 Å². The van der Waals surface area contributed by atoms with Gasteiger partial charge in [-0.25, -0.2) is 10.5 Å². The molecule has 160 valence electrons. The second kappa shape index (κ2) is 11.0. The number of rotatable bonds is 8. The smallest absolute Gasteiger partial charge is 0.275 e. The van der Waals surface area contributed by atoms with Gasteiger partial charge in [-0.15, -0.1) is 0 Å². The standard InChI is InChI=1S/C27H30N2O2/c1-7-11-24-22(9-3)25(27(30)29-31)23(10-4)26(28-24)21-16-14-20(15-17-21)19(8-2)13-12-18(5)6/h7-9,11-17,31H,2-3,10H2,1,4-6H3,(H,29,30)/b11-7-,19-13+. The number of allylic oxidation sites excluding steroid dienone is 6. The van der Waals surface area contributed by atoms with Crippen LogP contribution in [0.2, 0.25) is 0 Å². The molecule has 0 aliphatic carbocycles. The molecule has 4 heteroatoms. The van der Waals surface area contributed by atoms with E-state index in [1.54, 1.807) is 11.6 Å². The van der Waals surface area contributed by atoms with Crippen molar-refractivity contribution in [3.63, 3.8) is 0 Å². The maximum absolute atomic E-state index is 12.5. The molecule has 1 aromatic heterocycles. The molecule has 0 aliphatic heterocycles. The minimum Gasteiger partial charge on any atom is -0.288 e. The first-order valence-electron chi connectivity index (χ1n) is 10.3. The van der Waals surface area contributed by atoms with Crippen LogP contribution in [-0.2, 0) is 6.42 Å². The summed E-state index contributed by atoms with van der Waals surface area (Å²) in [6.07, 6.45) is 11.8. The molecule has 0 aliphatic rings. The molecule has 0 spiro atoms. The predicted octanol–water partition coefficient (Wildman–Crippen LogP) is 6.64. The van der Waals surface area contributed by atoms with Crippen molar-refractivity contribution in [3.05, 3.63) is 95.2 Å². The highest BCUT2D eigenvalue weighted by Gasteiger charge is 2.22. The molecule has 2 rings (SSSR count). The van der Waals surface area contributed by atoms with Gasteiger partial charge < -0.3 is 0 Å². The molecule has 1 amide bonds. The summed E-state index contributed by atoms with van der Waals surface area (Å²) in [7, 11) is 0. The molecule has 1 heterocycles. The third kappa shape index (κ3) is 5.36. The molecule has 2 N–H and O–H groups in total. The fraction of sp³-hybridized carbons (Fsp3) is 0.185. The van der Waals surface area contributed by atoms with Crippen molar-refractivity contribution >= 4 is 23.6 Å². The molecule has 0 unspecified atom stereocenters. The summed E-state index contributed by atoms with van der Waals surface area (Å²) in [6, 6.07) is 8.02. The fourth-order valence-corrected chi connectivity index (χ4v) is 3.41. The predicted molar refractivity (Wildman–Crippen MR) is 131 cm³/mol. The summed E-state index contributed by atoms with van der Waals surface area (Å²) in [5.41, 5.74) is 9.01. The number of nitrogens with zero attached hydrogens (tertiary/aromatic N) is 1. The van der Waals surface area contributed by atoms with E-state index >= 15 is 0 Å². The highest BCUT2D eigenvalue weighted by Crippen LogP contribution is 2.31. The molecule has 31 heavy (non-hydrogen) atoms. The summed E-state index contributed by atoms with van der Waals surface area (Å²) < 4.78 is 0. The lowest BCUT2D eigenvalue weighted by molar-refractivity contribution is 0.0705. The maximum atomic E-state index is 12.5. The SMILES string of the molecule is C=C/C(=C\C=C(C)C)c1ccc(-c2nc(/C=C\C)c(C=C)c(C(=O)NO)c2CC)cc1. The number of nitrogens with one attached hydrogen (secondary N) is 1. The molecule has 4 nitrogen and oxygen atoms in total. The van der Waals surface area contributed by atoms with E-state index in [0.717, 1.165) is 22.3 Å². The van der Waals surface area contributed by atoms with Crippen LogP contribution in [0.4, 0.5) is 0 Å². The Morgan fingerprint density at radius 3 is 2.32 bits per heavy atom. The van der Waals surface area contributed by atoms with Gasteiger partial charge >= 0.3 is 0 Å². The number of carbonyl (C=O) groups excluding carboxylic acids is 1. The van der Waals surface area contributed by atoms with Gasteiger partial charge in [-0.05, 0) is 50.0 Å². The number of aromatic nitrogens is 1. The van der Waals surface area contributed by atoms with E-state index in [4.69, 9.17) is 4.98 Å². The molecule has 0 atom stereocenters. The Balaban J connectivity index is 2.72. The Bertz CT molecular complexity index is 1070. The van der Waals surface area contributed by atoms with E-state index in [9.17, 15) is 10.0 Å². The Morgan fingerprint density at radius 2 is 1.84 bits per heavy atom. The Labute approximate surface area is 185 Å². The topological polar surface area (TPSA) is 62.2 Å². The lowest BCUT2D eigenvalue weighted by atomic mass is 9.92. The van der Waals surface area contributed by atoms with Crippen molar-refractivity contribution in [3.8, 4) is 11.3 Å². The molecule has 0 bridgehead atoms. The zero-order valence-corrected chi connectivity index (χ0v) is 18.7. The van der Waals surface area contributed by atoms with Crippen molar-refractivity contribution in [2.24, 2.45) is 0 Å². The molecular weight excluding hydrogens is 384 g/mol. The van der Waals surface area contributed by atoms with Crippen LogP contribution in [0.1, 0.15) is 60.4 Å². The van der Waals surface area contributed by atoms with Gasteiger partial charge in [0.25, 0.3) is 5.91 Å². The summed E-state index contributed by atoms with van der Waals surface area (Å²) in [6.45, 7) is 15.7. The largest absolute Gasteiger partial charge is 0.288 e. The normalized spacial score (nSPS) is 11.3. The highest BCUT2D eigenvalue weighted by molar-refractivity contribution is 6.01. The average Bonchev–Trinajstić information content (AvgIpc) is 2.78. The highest BCUT2D eigenvalue weighted by atomic mass is 16.5. The number of benzene rings is 1. The van der Waals surface area contributed by atoms with E-state index in [0.29, 0.717) is 28.9 Å². The second-order valence-corrected chi connectivity index (χ2v) is 7.26. The van der Waals surface area contributed by atoms with Crippen molar-refractivity contribution in [1.29, 1.82) is 0 Å². The quantitative estimate of drug-likeness (QED) is 0.289. The van der Waals surface area contributed by atoms with Crippen LogP contribution in [0.3, 0.4) is 0 Å². The molecule has 0 fully saturated rings. The zero-order valence-electron chi connectivity index (χ0n) is 18.7. The van der Waals surface area contributed by atoms with Crippen molar-refractivity contribution in [2.45, 2.75) is 34.1 Å². The molecular formula is C27H30N2O2. The number of hydrogen-bond donors (Lipinski definition) is 2. The summed E-state index contributed by atoms with van der Waals surface area (Å²) in [5.74, 6) is -0.573. The van der Waals surface area contributed by atoms with Gasteiger partial charge in [0.2, 0.25) is 0 Å². The third-order valence-electron chi connectivity index (χ3n) is 4.88. The first-order chi connectivity index (χ1) is 14.9. The van der Waals surface area contributed by atoms with Gasteiger partial charge in [0, 0.05) is 11.1 Å². The van der Waals surface area contributed by atoms with Crippen LogP contribution >= 0.6 is 0 Å². The number of hydroxylamine groups is 1. The van der Waals surface area contributed by atoms with Crippen LogP contribution in [-0.4, -0.2) is 16.1 Å². The van der Waals surface area contributed by atoms with E-state index in [1.165, 1.54) is 5.57 Å². The van der Waals surface area contributed by atoms with Gasteiger partial charge in [-0.1, -0.05) is 80.3 Å². The summed E-state index contributed by atoms with van der Waals surface area (Å²) in [5, 5.41) is 9.33. The van der Waals surface area contributed by atoms with E-state index < -0.39 is 5.91 Å². The van der Waals surface area contributed by atoms with Gasteiger partial charge in [-0.3, -0.25) is 10.0 Å². The van der Waals surface area contributed by atoms with E-state index in [1.807, 2.05) is 76.3 Å². The molecule has 1 aromatic carbocycles. The number of hydrogen-bond acceptors (Lipinski definition) is 3. The fourth-order valence-electron chi connectivity index (χ4n) is 3.41. The second-order valence-electron chi connectivity index (χ2n) is 7.26. The zero-order chi connectivity index (χ0) is 23.0. The lowest BCUT2D eigenvalue weighted by Crippen LogP contribution is -2.23. The van der Waals surface area contributed by atoms with Crippen LogP contribution in [0.15, 0.2) is 67.3 Å². The first-order valence-corrected chi connectivity index (χ1v) is 10.3. The first kappa shape index (κ1) is 23.8. The Kier molecular flexibility index (Phi) is 8.47. The van der Waals surface area contributed by atoms with Gasteiger partial charge in [-0.2, -0.15) is 0 Å². The van der Waals surface area contributed by atoms with Gasteiger partial charge in [0.15, 0.2) is 0 Å². The number of carbonyl (C=O) groups is 1. The number of amides is 1.